The second-order valence-electron chi connectivity index (χ2n) is 3.68. The van der Waals surface area contributed by atoms with E-state index in [2.05, 4.69) is 29.3 Å². The Kier molecular flexibility index (Phi) is 3.21. The lowest BCUT2D eigenvalue weighted by Crippen LogP contribution is -2.28. The lowest BCUT2D eigenvalue weighted by atomic mass is 10.00. The van der Waals surface area contributed by atoms with Crippen LogP contribution in [0.15, 0.2) is 30.3 Å². The van der Waals surface area contributed by atoms with Gasteiger partial charge in [-0.25, -0.2) is 0 Å². The Morgan fingerprint density at radius 2 is 2.07 bits per heavy atom. The van der Waals surface area contributed by atoms with Crippen molar-refractivity contribution in [1.29, 1.82) is 0 Å². The molecule has 1 atom stereocenters. The Hall–Kier alpha value is -1.26. The van der Waals surface area contributed by atoms with Crippen LogP contribution in [0, 0.1) is 17.8 Å². The summed E-state index contributed by atoms with van der Waals surface area (Å²) in [6.07, 6.45) is 2.50. The molecule has 0 saturated carbocycles. The van der Waals surface area contributed by atoms with Crippen LogP contribution >= 0.6 is 0 Å². The number of rotatable bonds is 0. The van der Waals surface area contributed by atoms with Gasteiger partial charge in [0.05, 0.1) is 0 Å². The second-order valence-corrected chi connectivity index (χ2v) is 3.68. The normalized spacial score (nSPS) is 21.0. The summed E-state index contributed by atoms with van der Waals surface area (Å²) < 4.78 is 0. The van der Waals surface area contributed by atoms with Crippen molar-refractivity contribution in [3.63, 3.8) is 0 Å². The number of hydrogen-bond acceptors (Lipinski definition) is 1. The average Bonchev–Trinajstić information content (AvgIpc) is 2.29. The molecule has 0 radical (unpaired) electrons. The van der Waals surface area contributed by atoms with Gasteiger partial charge in [0.2, 0.25) is 0 Å². The average molecular weight is 185 g/mol. The number of hydrogen-bond donors (Lipinski definition) is 1. The van der Waals surface area contributed by atoms with Crippen LogP contribution < -0.4 is 5.32 Å². The molecule has 0 bridgehead atoms. The van der Waals surface area contributed by atoms with Crippen molar-refractivity contribution in [2.45, 2.75) is 12.8 Å². The predicted octanol–water partition coefficient (Wildman–Crippen LogP) is 2.04. The minimum atomic E-state index is 0.545. The molecule has 72 valence electrons. The molecule has 1 aromatic carbocycles. The van der Waals surface area contributed by atoms with E-state index < -0.39 is 0 Å². The maximum atomic E-state index is 3.37. The van der Waals surface area contributed by atoms with Gasteiger partial charge in [-0.3, -0.25) is 0 Å². The zero-order valence-corrected chi connectivity index (χ0v) is 8.29. The van der Waals surface area contributed by atoms with Crippen LogP contribution in [0.25, 0.3) is 0 Å². The number of benzene rings is 1. The molecule has 0 amide bonds. The molecular formula is C13H15N. The van der Waals surface area contributed by atoms with Gasteiger partial charge in [-0.1, -0.05) is 30.0 Å². The molecule has 1 fully saturated rings. The largest absolute Gasteiger partial charge is 0.316 e. The summed E-state index contributed by atoms with van der Waals surface area (Å²) in [6.45, 7) is 2.21. The molecule has 1 aromatic rings. The van der Waals surface area contributed by atoms with Crippen molar-refractivity contribution < 1.29 is 0 Å². The first-order valence-electron chi connectivity index (χ1n) is 5.22. The van der Waals surface area contributed by atoms with Crippen molar-refractivity contribution in [2.24, 2.45) is 5.92 Å². The molecule has 14 heavy (non-hydrogen) atoms. The van der Waals surface area contributed by atoms with Crippen LogP contribution in [0.2, 0.25) is 0 Å². The first kappa shape index (κ1) is 9.30. The van der Waals surface area contributed by atoms with Gasteiger partial charge in [0.15, 0.2) is 0 Å². The highest BCUT2D eigenvalue weighted by Gasteiger charge is 2.08. The monoisotopic (exact) mass is 185 g/mol. The molecule has 0 aliphatic carbocycles. The van der Waals surface area contributed by atoms with Gasteiger partial charge in [0, 0.05) is 18.0 Å². The maximum absolute atomic E-state index is 3.37. The van der Waals surface area contributed by atoms with Gasteiger partial charge in [-0.15, -0.1) is 0 Å². The maximum Gasteiger partial charge on any atom is 0.0331 e. The molecule has 1 heterocycles. The highest BCUT2D eigenvalue weighted by molar-refractivity contribution is 5.34. The van der Waals surface area contributed by atoms with Gasteiger partial charge < -0.3 is 5.32 Å². The lowest BCUT2D eigenvalue weighted by Gasteiger charge is -2.17. The Morgan fingerprint density at radius 1 is 1.21 bits per heavy atom. The van der Waals surface area contributed by atoms with E-state index in [-0.39, 0.29) is 0 Å². The molecular weight excluding hydrogens is 170 g/mol. The molecule has 1 N–H and O–H groups in total. The van der Waals surface area contributed by atoms with Crippen molar-refractivity contribution >= 4 is 0 Å². The highest BCUT2D eigenvalue weighted by Crippen LogP contribution is 2.08. The third-order valence-electron chi connectivity index (χ3n) is 2.49. The smallest absolute Gasteiger partial charge is 0.0331 e. The van der Waals surface area contributed by atoms with Crippen LogP contribution in [0.1, 0.15) is 18.4 Å². The third-order valence-corrected chi connectivity index (χ3v) is 2.49. The van der Waals surface area contributed by atoms with Crippen molar-refractivity contribution in [1.82, 2.24) is 5.32 Å². The van der Waals surface area contributed by atoms with Crippen molar-refractivity contribution in [2.75, 3.05) is 13.1 Å². The summed E-state index contributed by atoms with van der Waals surface area (Å²) in [5, 5.41) is 3.37. The second kappa shape index (κ2) is 4.83. The molecule has 2 rings (SSSR count). The predicted molar refractivity (Wildman–Crippen MR) is 58.9 cm³/mol. The zero-order valence-electron chi connectivity index (χ0n) is 8.29. The number of nitrogens with one attached hydrogen (secondary N) is 1. The molecule has 1 aliphatic heterocycles. The molecule has 1 heteroatoms. The van der Waals surface area contributed by atoms with Crippen LogP contribution in [0.3, 0.4) is 0 Å². The minimum Gasteiger partial charge on any atom is -0.316 e. The molecule has 0 aromatic heterocycles. The molecule has 1 unspecified atom stereocenters. The fourth-order valence-corrected chi connectivity index (χ4v) is 1.68. The van der Waals surface area contributed by atoms with Crippen LogP contribution in [-0.2, 0) is 0 Å². The van der Waals surface area contributed by atoms with E-state index in [1.165, 1.54) is 12.8 Å². The van der Waals surface area contributed by atoms with E-state index >= 15 is 0 Å². The Balaban J connectivity index is 1.99. The van der Waals surface area contributed by atoms with E-state index in [0.717, 1.165) is 18.7 Å². The fourth-order valence-electron chi connectivity index (χ4n) is 1.68. The highest BCUT2D eigenvalue weighted by atomic mass is 14.9. The van der Waals surface area contributed by atoms with Crippen LogP contribution in [0.4, 0.5) is 0 Å². The van der Waals surface area contributed by atoms with Crippen LogP contribution in [0.5, 0.6) is 0 Å². The van der Waals surface area contributed by atoms with Crippen molar-refractivity contribution in [3.8, 4) is 11.8 Å². The first-order chi connectivity index (χ1) is 6.95. The summed E-state index contributed by atoms with van der Waals surface area (Å²) in [5.74, 6) is 7.10. The Bertz CT molecular complexity index is 325. The Morgan fingerprint density at radius 3 is 2.79 bits per heavy atom. The summed E-state index contributed by atoms with van der Waals surface area (Å²) in [7, 11) is 0. The summed E-state index contributed by atoms with van der Waals surface area (Å²) in [6, 6.07) is 10.2. The third kappa shape index (κ3) is 2.61. The minimum absolute atomic E-state index is 0.545. The van der Waals surface area contributed by atoms with Gasteiger partial charge in [0.1, 0.15) is 0 Å². The zero-order chi connectivity index (χ0) is 9.64. The summed E-state index contributed by atoms with van der Waals surface area (Å²) in [4.78, 5) is 0. The van der Waals surface area contributed by atoms with E-state index in [1.807, 2.05) is 18.2 Å². The van der Waals surface area contributed by atoms with E-state index in [1.54, 1.807) is 0 Å². The van der Waals surface area contributed by atoms with Gasteiger partial charge in [-0.05, 0) is 31.5 Å². The first-order valence-corrected chi connectivity index (χ1v) is 5.22. The summed E-state index contributed by atoms with van der Waals surface area (Å²) in [5.41, 5.74) is 1.12. The standard InChI is InChI=1S/C13H15N/c1-2-5-12(6-3-1)8-9-13-7-4-10-14-11-13/h1-3,5-6,13-14H,4,7,10-11H2. The lowest BCUT2D eigenvalue weighted by molar-refractivity contribution is 0.449. The molecule has 1 aliphatic rings. The van der Waals surface area contributed by atoms with Crippen LogP contribution in [-0.4, -0.2) is 13.1 Å². The van der Waals surface area contributed by atoms with Gasteiger partial charge >= 0.3 is 0 Å². The topological polar surface area (TPSA) is 12.0 Å². The summed E-state index contributed by atoms with van der Waals surface area (Å²) >= 11 is 0. The van der Waals surface area contributed by atoms with Crippen molar-refractivity contribution in [3.05, 3.63) is 35.9 Å². The van der Waals surface area contributed by atoms with E-state index in [0.29, 0.717) is 5.92 Å². The van der Waals surface area contributed by atoms with Gasteiger partial charge in [-0.2, -0.15) is 0 Å². The Labute approximate surface area is 85.5 Å². The molecule has 1 nitrogen and oxygen atoms in total. The molecule has 0 spiro atoms. The SMILES string of the molecule is C(#CC1CCCNC1)c1ccccc1. The van der Waals surface area contributed by atoms with Gasteiger partial charge in [0.25, 0.3) is 0 Å². The fraction of sp³-hybridized carbons (Fsp3) is 0.385. The van der Waals surface area contributed by atoms with E-state index in [4.69, 9.17) is 0 Å². The van der Waals surface area contributed by atoms with E-state index in [9.17, 15) is 0 Å². The quantitative estimate of drug-likeness (QED) is 0.610. The molecule has 1 saturated heterocycles. The number of piperidine rings is 1.